The largest absolute Gasteiger partial charge is 0.472 e. The molecule has 0 aromatic rings. The van der Waals surface area contributed by atoms with Crippen molar-refractivity contribution in [1.29, 1.82) is 0 Å². The van der Waals surface area contributed by atoms with Crippen LogP contribution in [0.3, 0.4) is 0 Å². The number of hydrogen-bond donors (Lipinski definition) is 3. The van der Waals surface area contributed by atoms with Crippen LogP contribution in [0.1, 0.15) is 395 Å². The SMILES string of the molecule is CCCCCC/C=C\C=C/CCCCCCCC(=O)OC[C@H](COP(=O)(O)OC[C@@H](O)COP(=O)(O)OC[C@@H](COC(=O)CCCCCCCCCCCCCC)OC(=O)CCCCCCCCCCCCC(C)CC)OC(=O)CCCCCCCCCCCCCCCCC(C)CC. The standard InChI is InChI=1S/C80H152O17P2/c1-7-11-13-15-17-19-21-23-24-28-32-39-45-51-57-63-78(83)91-68-75(96-79(84)64-58-52-46-40-33-29-26-25-27-30-36-42-48-54-60-72(5)9-3)70-94-98(86,87)92-66-74(81)67-93-99(88,89)95-71-76(69-90-77(82)62-56-50-44-38-31-22-20-18-16-14-12-8-2)97-80(85)65-59-53-47-41-35-34-37-43-49-55-61-73(6)10-4/h19,21,23-24,72-76,81H,7-18,20,22,25-71H2,1-6H3,(H,86,87)(H,88,89)/b21-19-,24-23-/t72?,73?,74-,75-,76-/m1/s1. The van der Waals surface area contributed by atoms with Gasteiger partial charge in [-0.3, -0.25) is 37.3 Å². The number of aliphatic hydroxyl groups excluding tert-OH is 1. The minimum atomic E-state index is -4.97. The summed E-state index contributed by atoms with van der Waals surface area (Å²) in [5.74, 6) is -0.494. The van der Waals surface area contributed by atoms with Crippen molar-refractivity contribution in [2.24, 2.45) is 11.8 Å². The fourth-order valence-corrected chi connectivity index (χ4v) is 13.3. The Morgan fingerprint density at radius 2 is 0.566 bits per heavy atom. The molecule has 0 rings (SSSR count). The van der Waals surface area contributed by atoms with Gasteiger partial charge in [-0.1, -0.05) is 342 Å². The van der Waals surface area contributed by atoms with E-state index in [9.17, 15) is 43.2 Å². The molecule has 4 unspecified atom stereocenters. The van der Waals surface area contributed by atoms with Gasteiger partial charge in [-0.2, -0.15) is 0 Å². The molecule has 584 valence electrons. The van der Waals surface area contributed by atoms with Crippen molar-refractivity contribution in [2.75, 3.05) is 39.6 Å². The van der Waals surface area contributed by atoms with Gasteiger partial charge in [0, 0.05) is 25.7 Å². The summed E-state index contributed by atoms with van der Waals surface area (Å²) in [6.07, 6.45) is 62.9. The van der Waals surface area contributed by atoms with Crippen LogP contribution >= 0.6 is 15.6 Å². The molecule has 0 aliphatic heterocycles. The lowest BCUT2D eigenvalue weighted by atomic mass is 9.99. The fourth-order valence-electron chi connectivity index (χ4n) is 11.8. The molecule has 0 bridgehead atoms. The summed E-state index contributed by atoms with van der Waals surface area (Å²) in [4.78, 5) is 73.0. The zero-order valence-electron chi connectivity index (χ0n) is 64.3. The summed E-state index contributed by atoms with van der Waals surface area (Å²) < 4.78 is 68.7. The van der Waals surface area contributed by atoms with Gasteiger partial charge in [0.05, 0.1) is 26.4 Å². The number of hydrogen-bond acceptors (Lipinski definition) is 15. The van der Waals surface area contributed by atoms with Crippen LogP contribution in [0, 0.1) is 11.8 Å². The maximum absolute atomic E-state index is 13.1. The Morgan fingerprint density at radius 3 is 0.859 bits per heavy atom. The number of rotatable bonds is 77. The highest BCUT2D eigenvalue weighted by Gasteiger charge is 2.30. The van der Waals surface area contributed by atoms with Gasteiger partial charge in [0.2, 0.25) is 0 Å². The Morgan fingerprint density at radius 1 is 0.323 bits per heavy atom. The van der Waals surface area contributed by atoms with Crippen molar-refractivity contribution >= 4 is 39.5 Å². The molecule has 0 aliphatic carbocycles. The van der Waals surface area contributed by atoms with Crippen molar-refractivity contribution in [3.8, 4) is 0 Å². The number of carbonyl (C=O) groups excluding carboxylic acids is 4. The van der Waals surface area contributed by atoms with Gasteiger partial charge in [-0.15, -0.1) is 0 Å². The second-order valence-electron chi connectivity index (χ2n) is 28.6. The number of phosphoric ester groups is 2. The van der Waals surface area contributed by atoms with Gasteiger partial charge < -0.3 is 33.8 Å². The van der Waals surface area contributed by atoms with Crippen LogP contribution in [-0.4, -0.2) is 96.7 Å². The molecule has 7 atom stereocenters. The molecule has 0 fully saturated rings. The Hall–Kier alpha value is -2.46. The van der Waals surface area contributed by atoms with Gasteiger partial charge in [0.1, 0.15) is 19.3 Å². The van der Waals surface area contributed by atoms with Crippen molar-refractivity contribution in [3.63, 3.8) is 0 Å². The lowest BCUT2D eigenvalue weighted by molar-refractivity contribution is -0.161. The maximum Gasteiger partial charge on any atom is 0.472 e. The van der Waals surface area contributed by atoms with Crippen LogP contribution in [0.5, 0.6) is 0 Å². The minimum absolute atomic E-state index is 0.101. The summed E-state index contributed by atoms with van der Waals surface area (Å²) in [6.45, 7) is 9.64. The molecule has 99 heavy (non-hydrogen) atoms. The maximum atomic E-state index is 13.1. The molecule has 0 heterocycles. The first-order valence-corrected chi connectivity index (χ1v) is 43.9. The third kappa shape index (κ3) is 71.0. The third-order valence-corrected chi connectivity index (χ3v) is 20.7. The average molecular weight is 1450 g/mol. The number of carbonyl (C=O) groups is 4. The normalized spacial score (nSPS) is 14.6. The second kappa shape index (κ2) is 71.2. The van der Waals surface area contributed by atoms with Gasteiger partial charge in [0.15, 0.2) is 12.2 Å². The molecular formula is C80H152O17P2. The second-order valence-corrected chi connectivity index (χ2v) is 31.5. The van der Waals surface area contributed by atoms with Crippen LogP contribution in [0.25, 0.3) is 0 Å². The van der Waals surface area contributed by atoms with E-state index in [1.165, 1.54) is 193 Å². The van der Waals surface area contributed by atoms with Gasteiger partial charge in [0.25, 0.3) is 0 Å². The van der Waals surface area contributed by atoms with E-state index in [2.05, 4.69) is 65.8 Å². The molecule has 17 nitrogen and oxygen atoms in total. The van der Waals surface area contributed by atoms with E-state index in [1.54, 1.807) is 0 Å². The van der Waals surface area contributed by atoms with Crippen LogP contribution in [0.4, 0.5) is 0 Å². The smallest absolute Gasteiger partial charge is 0.462 e. The number of ether oxygens (including phenoxy) is 4. The molecule has 0 spiro atoms. The van der Waals surface area contributed by atoms with E-state index < -0.39 is 97.5 Å². The number of aliphatic hydroxyl groups is 1. The Kier molecular flexibility index (Phi) is 69.4. The molecule has 0 aliphatic rings. The van der Waals surface area contributed by atoms with Crippen molar-refractivity contribution < 1.29 is 80.2 Å². The monoisotopic (exact) mass is 1450 g/mol. The average Bonchev–Trinajstić information content (AvgIpc) is 1.21. The van der Waals surface area contributed by atoms with Gasteiger partial charge >= 0.3 is 39.5 Å². The van der Waals surface area contributed by atoms with Crippen LogP contribution in [0.2, 0.25) is 0 Å². The first-order valence-electron chi connectivity index (χ1n) is 40.9. The van der Waals surface area contributed by atoms with Crippen LogP contribution < -0.4 is 0 Å². The summed E-state index contributed by atoms with van der Waals surface area (Å²) in [6, 6.07) is 0. The molecule has 19 heteroatoms. The van der Waals surface area contributed by atoms with E-state index in [0.29, 0.717) is 25.7 Å². The lowest BCUT2D eigenvalue weighted by Crippen LogP contribution is -2.30. The predicted molar refractivity (Wildman–Crippen MR) is 404 cm³/mol. The summed E-state index contributed by atoms with van der Waals surface area (Å²) in [7, 11) is -9.93. The zero-order chi connectivity index (χ0) is 72.8. The predicted octanol–water partition coefficient (Wildman–Crippen LogP) is 23.4. The van der Waals surface area contributed by atoms with Gasteiger partial charge in [-0.25, -0.2) is 9.13 Å². The van der Waals surface area contributed by atoms with E-state index in [0.717, 1.165) is 121 Å². The summed E-state index contributed by atoms with van der Waals surface area (Å²) >= 11 is 0. The molecule has 0 aromatic heterocycles. The van der Waals surface area contributed by atoms with Crippen LogP contribution in [0.15, 0.2) is 24.3 Å². The highest BCUT2D eigenvalue weighted by Crippen LogP contribution is 2.45. The Bertz CT molecular complexity index is 2010. The molecule has 0 saturated carbocycles. The molecule has 0 radical (unpaired) electrons. The summed E-state index contributed by atoms with van der Waals surface area (Å²) in [5.41, 5.74) is 0. The molecule has 0 saturated heterocycles. The minimum Gasteiger partial charge on any atom is -0.462 e. The highest BCUT2D eigenvalue weighted by molar-refractivity contribution is 7.47. The fraction of sp³-hybridized carbons (Fsp3) is 0.900. The lowest BCUT2D eigenvalue weighted by Gasteiger charge is -2.21. The Labute approximate surface area is 605 Å². The zero-order valence-corrected chi connectivity index (χ0v) is 66.1. The molecule has 0 amide bonds. The number of esters is 4. The van der Waals surface area contributed by atoms with E-state index in [4.69, 9.17) is 37.0 Å². The van der Waals surface area contributed by atoms with E-state index in [1.807, 2.05) is 0 Å². The highest BCUT2D eigenvalue weighted by atomic mass is 31.2. The number of unbranched alkanes of at least 4 members (excludes halogenated alkanes) is 42. The first kappa shape index (κ1) is 96.5. The number of phosphoric acid groups is 2. The molecule has 3 N–H and O–H groups in total. The quantitative estimate of drug-likeness (QED) is 0.0169. The number of allylic oxidation sites excluding steroid dienone is 4. The van der Waals surface area contributed by atoms with E-state index in [-0.39, 0.29) is 25.7 Å². The summed E-state index contributed by atoms with van der Waals surface area (Å²) in [5, 5.41) is 10.6. The Balaban J connectivity index is 5.30. The van der Waals surface area contributed by atoms with Crippen molar-refractivity contribution in [3.05, 3.63) is 24.3 Å². The van der Waals surface area contributed by atoms with Crippen molar-refractivity contribution in [1.82, 2.24) is 0 Å². The third-order valence-electron chi connectivity index (χ3n) is 18.8. The topological polar surface area (TPSA) is 237 Å². The molecule has 0 aromatic carbocycles. The van der Waals surface area contributed by atoms with E-state index >= 15 is 0 Å². The molecular weight excluding hydrogens is 1290 g/mol. The van der Waals surface area contributed by atoms with Crippen LogP contribution in [-0.2, 0) is 65.4 Å². The van der Waals surface area contributed by atoms with Gasteiger partial charge in [-0.05, 0) is 63.2 Å². The first-order chi connectivity index (χ1) is 47.9. The van der Waals surface area contributed by atoms with Crippen molar-refractivity contribution in [2.45, 2.75) is 413 Å².